The first kappa shape index (κ1) is 26.4. The maximum atomic E-state index is 13.5. The molecule has 2 N–H and O–H groups in total. The molecule has 5 rings (SSSR count). The van der Waals surface area contributed by atoms with Gasteiger partial charge in [0.2, 0.25) is 5.91 Å². The molecule has 1 aliphatic rings. The van der Waals surface area contributed by atoms with Crippen LogP contribution in [0.15, 0.2) is 83.8 Å². The van der Waals surface area contributed by atoms with Crippen LogP contribution in [0.4, 0.5) is 11.4 Å². The SMILES string of the molecule is Cc1ccccc1C(=O)Nc1ccc(S(=O)(=O)Nc2ccc3c(c2)CN(C(=O)CN(C)C)C3)c2ccccc12. The van der Waals surface area contributed by atoms with Crippen LogP contribution in [0.2, 0.25) is 0 Å². The number of carbonyl (C=O) groups is 2. The second-order valence-electron chi connectivity index (χ2n) is 10.0. The number of carbonyl (C=O) groups excluding carboxylic acids is 2. The lowest BCUT2D eigenvalue weighted by Crippen LogP contribution is -2.34. The van der Waals surface area contributed by atoms with E-state index in [-0.39, 0.29) is 16.7 Å². The fraction of sp³-hybridized carbons (Fsp3) is 0.200. The average molecular weight is 543 g/mol. The van der Waals surface area contributed by atoms with Crippen molar-refractivity contribution in [2.75, 3.05) is 30.7 Å². The summed E-state index contributed by atoms with van der Waals surface area (Å²) in [5, 5.41) is 4.05. The third-order valence-corrected chi connectivity index (χ3v) is 8.24. The van der Waals surface area contributed by atoms with Crippen molar-refractivity contribution in [2.45, 2.75) is 24.9 Å². The van der Waals surface area contributed by atoms with Gasteiger partial charge in [-0.3, -0.25) is 14.3 Å². The lowest BCUT2D eigenvalue weighted by Gasteiger charge is -2.18. The monoisotopic (exact) mass is 542 g/mol. The van der Waals surface area contributed by atoms with Crippen molar-refractivity contribution in [3.8, 4) is 0 Å². The summed E-state index contributed by atoms with van der Waals surface area (Å²) in [6.45, 7) is 3.14. The lowest BCUT2D eigenvalue weighted by molar-refractivity contribution is -0.132. The number of aryl methyl sites for hydroxylation is 1. The van der Waals surface area contributed by atoms with Gasteiger partial charge in [0, 0.05) is 40.8 Å². The van der Waals surface area contributed by atoms with Gasteiger partial charge < -0.3 is 15.1 Å². The van der Waals surface area contributed by atoms with Crippen LogP contribution in [0.1, 0.15) is 27.0 Å². The Morgan fingerprint density at radius 1 is 0.872 bits per heavy atom. The second-order valence-corrected chi connectivity index (χ2v) is 11.7. The van der Waals surface area contributed by atoms with E-state index in [1.54, 1.807) is 59.5 Å². The minimum absolute atomic E-state index is 0.0272. The Bertz CT molecular complexity index is 1700. The summed E-state index contributed by atoms with van der Waals surface area (Å²) in [5.41, 5.74) is 4.28. The number of fused-ring (bicyclic) bond motifs is 2. The van der Waals surface area contributed by atoms with Gasteiger partial charge >= 0.3 is 0 Å². The number of sulfonamides is 1. The molecule has 0 unspecified atom stereocenters. The topological polar surface area (TPSA) is 98.8 Å². The maximum Gasteiger partial charge on any atom is 0.262 e. The number of hydrogen-bond donors (Lipinski definition) is 2. The molecule has 0 saturated carbocycles. The van der Waals surface area contributed by atoms with E-state index in [0.29, 0.717) is 47.3 Å². The summed E-state index contributed by atoms with van der Waals surface area (Å²) in [6.07, 6.45) is 0. The number of rotatable bonds is 7. The van der Waals surface area contributed by atoms with Gasteiger partial charge in [0.1, 0.15) is 0 Å². The van der Waals surface area contributed by atoms with Crippen LogP contribution < -0.4 is 10.0 Å². The van der Waals surface area contributed by atoms with E-state index in [1.807, 2.05) is 44.1 Å². The Balaban J connectivity index is 1.40. The molecule has 4 aromatic carbocycles. The molecule has 9 heteroatoms. The fourth-order valence-electron chi connectivity index (χ4n) is 4.85. The van der Waals surface area contributed by atoms with Gasteiger partial charge in [0.05, 0.1) is 11.4 Å². The van der Waals surface area contributed by atoms with Crippen LogP contribution in [0.3, 0.4) is 0 Å². The Kier molecular flexibility index (Phi) is 7.12. The molecule has 1 aliphatic heterocycles. The van der Waals surface area contributed by atoms with Crippen LogP contribution in [0.5, 0.6) is 0 Å². The molecule has 0 spiro atoms. The van der Waals surface area contributed by atoms with Crippen molar-refractivity contribution >= 4 is 44.0 Å². The van der Waals surface area contributed by atoms with Gasteiger partial charge in [-0.25, -0.2) is 8.42 Å². The normalized spacial score (nSPS) is 13.0. The Hall–Kier alpha value is -4.21. The van der Waals surface area contributed by atoms with Crippen molar-refractivity contribution in [1.29, 1.82) is 0 Å². The van der Waals surface area contributed by atoms with E-state index in [0.717, 1.165) is 16.7 Å². The molecule has 8 nitrogen and oxygen atoms in total. The molecule has 2 amide bonds. The Labute approximate surface area is 228 Å². The third-order valence-electron chi connectivity index (χ3n) is 6.80. The van der Waals surface area contributed by atoms with E-state index in [2.05, 4.69) is 10.0 Å². The van der Waals surface area contributed by atoms with Crippen LogP contribution in [0, 0.1) is 6.92 Å². The van der Waals surface area contributed by atoms with E-state index in [4.69, 9.17) is 0 Å². The van der Waals surface area contributed by atoms with Crippen molar-refractivity contribution in [3.05, 3.63) is 101 Å². The van der Waals surface area contributed by atoms with Gasteiger partial charge in [-0.15, -0.1) is 0 Å². The zero-order chi connectivity index (χ0) is 27.7. The molecule has 200 valence electrons. The van der Waals surface area contributed by atoms with Gasteiger partial charge in [-0.05, 0) is 68.0 Å². The molecule has 1 heterocycles. The number of nitrogens with one attached hydrogen (secondary N) is 2. The number of hydrogen-bond acceptors (Lipinski definition) is 5. The molecule has 0 aromatic heterocycles. The molecule has 0 radical (unpaired) electrons. The highest BCUT2D eigenvalue weighted by Gasteiger charge is 2.25. The van der Waals surface area contributed by atoms with Crippen molar-refractivity contribution in [2.24, 2.45) is 0 Å². The average Bonchev–Trinajstić information content (AvgIpc) is 3.32. The molecule has 0 aliphatic carbocycles. The molecular formula is C30H30N4O4S. The summed E-state index contributed by atoms with van der Waals surface area (Å²) in [6, 6.07) is 22.9. The van der Waals surface area contributed by atoms with E-state index in [9.17, 15) is 18.0 Å². The Morgan fingerprint density at radius 2 is 1.56 bits per heavy atom. The molecule has 0 saturated heterocycles. The van der Waals surface area contributed by atoms with Gasteiger partial charge in [-0.2, -0.15) is 0 Å². The summed E-state index contributed by atoms with van der Waals surface area (Å²) in [4.78, 5) is 29.1. The maximum absolute atomic E-state index is 13.5. The zero-order valence-corrected chi connectivity index (χ0v) is 22.9. The first-order valence-electron chi connectivity index (χ1n) is 12.6. The first-order valence-corrected chi connectivity index (χ1v) is 14.1. The molecule has 0 bridgehead atoms. The predicted molar refractivity (Wildman–Crippen MR) is 153 cm³/mol. The molecular weight excluding hydrogens is 512 g/mol. The largest absolute Gasteiger partial charge is 0.333 e. The number of anilines is 2. The third kappa shape index (κ3) is 5.50. The fourth-order valence-corrected chi connectivity index (χ4v) is 6.11. The van der Waals surface area contributed by atoms with Crippen LogP contribution in [-0.4, -0.2) is 50.7 Å². The first-order chi connectivity index (χ1) is 18.6. The van der Waals surface area contributed by atoms with Crippen LogP contribution >= 0.6 is 0 Å². The number of benzene rings is 4. The quantitative estimate of drug-likeness (QED) is 0.356. The van der Waals surface area contributed by atoms with Crippen LogP contribution in [0.25, 0.3) is 10.8 Å². The number of amides is 2. The van der Waals surface area contributed by atoms with Crippen molar-refractivity contribution < 1.29 is 18.0 Å². The highest BCUT2D eigenvalue weighted by atomic mass is 32.2. The Morgan fingerprint density at radius 3 is 2.31 bits per heavy atom. The second kappa shape index (κ2) is 10.5. The standard InChI is InChI=1S/C30H30N4O4S/c1-20-8-4-5-9-24(20)30(36)31-27-14-15-28(26-11-7-6-10-25(26)27)39(37,38)32-23-13-12-21-17-34(18-22(21)16-23)29(35)19-33(2)3/h4-16,32H,17-19H2,1-3H3,(H,31,36). The predicted octanol–water partition coefficient (Wildman–Crippen LogP) is 4.61. The molecule has 39 heavy (non-hydrogen) atoms. The number of nitrogens with zero attached hydrogens (tertiary/aromatic N) is 2. The molecule has 0 fully saturated rings. The number of likely N-dealkylation sites (N-methyl/N-ethyl adjacent to an activating group) is 1. The minimum atomic E-state index is -3.96. The summed E-state index contributed by atoms with van der Waals surface area (Å²) < 4.78 is 29.8. The van der Waals surface area contributed by atoms with E-state index in [1.165, 1.54) is 6.07 Å². The zero-order valence-electron chi connectivity index (χ0n) is 22.1. The smallest absolute Gasteiger partial charge is 0.262 e. The van der Waals surface area contributed by atoms with Gasteiger partial charge in [0.15, 0.2) is 0 Å². The lowest BCUT2D eigenvalue weighted by atomic mass is 10.1. The van der Waals surface area contributed by atoms with Gasteiger partial charge in [0.25, 0.3) is 15.9 Å². The minimum Gasteiger partial charge on any atom is -0.333 e. The summed E-state index contributed by atoms with van der Waals surface area (Å²) >= 11 is 0. The van der Waals surface area contributed by atoms with Crippen molar-refractivity contribution in [3.63, 3.8) is 0 Å². The molecule has 4 aromatic rings. The highest BCUT2D eigenvalue weighted by molar-refractivity contribution is 7.93. The van der Waals surface area contributed by atoms with Gasteiger partial charge in [-0.1, -0.05) is 48.5 Å². The summed E-state index contributed by atoms with van der Waals surface area (Å²) in [7, 11) is -0.258. The van der Waals surface area contributed by atoms with E-state index >= 15 is 0 Å². The van der Waals surface area contributed by atoms with Crippen LogP contribution in [-0.2, 0) is 27.9 Å². The molecule has 0 atom stereocenters. The van der Waals surface area contributed by atoms with Crippen molar-refractivity contribution in [1.82, 2.24) is 9.80 Å². The summed E-state index contributed by atoms with van der Waals surface area (Å²) in [5.74, 6) is -0.234. The highest BCUT2D eigenvalue weighted by Crippen LogP contribution is 2.32. The van der Waals surface area contributed by atoms with E-state index < -0.39 is 10.0 Å².